The number of nitrogens with one attached hydrogen (secondary N) is 1. The Hall–Kier alpha value is -2.65. The van der Waals surface area contributed by atoms with Crippen LogP contribution in [0.25, 0.3) is 0 Å². The van der Waals surface area contributed by atoms with Crippen molar-refractivity contribution in [3.63, 3.8) is 0 Å². The average molecular weight is 403 g/mol. The maximum atomic E-state index is 12.8. The van der Waals surface area contributed by atoms with Gasteiger partial charge >= 0.3 is 0 Å². The van der Waals surface area contributed by atoms with E-state index in [2.05, 4.69) is 5.32 Å². The Balaban J connectivity index is 1.89. The molecule has 1 heterocycles. The first-order valence-electron chi connectivity index (χ1n) is 9.19. The van der Waals surface area contributed by atoms with E-state index in [0.29, 0.717) is 22.6 Å². The minimum absolute atomic E-state index is 0.337. The maximum absolute atomic E-state index is 12.8. The van der Waals surface area contributed by atoms with Gasteiger partial charge in [-0.3, -0.25) is 4.79 Å². The molecule has 0 aromatic heterocycles. The lowest BCUT2D eigenvalue weighted by Crippen LogP contribution is -2.61. The van der Waals surface area contributed by atoms with Gasteiger partial charge in [-0.05, 0) is 35.9 Å². The van der Waals surface area contributed by atoms with Gasteiger partial charge in [-0.1, -0.05) is 18.2 Å². The Morgan fingerprint density at radius 2 is 1.72 bits per heavy atom. The van der Waals surface area contributed by atoms with E-state index in [-0.39, 0.29) is 0 Å². The van der Waals surface area contributed by atoms with Crippen LogP contribution in [0.2, 0.25) is 0 Å². The number of benzene rings is 2. The highest BCUT2D eigenvalue weighted by atomic mass is 16.5. The van der Waals surface area contributed by atoms with E-state index in [1.54, 1.807) is 55.6 Å². The Bertz CT molecular complexity index is 826. The molecule has 29 heavy (non-hydrogen) atoms. The summed E-state index contributed by atoms with van der Waals surface area (Å²) in [4.78, 5) is 12.8. The van der Waals surface area contributed by atoms with Crippen molar-refractivity contribution in [2.45, 2.75) is 30.5 Å². The molecule has 0 radical (unpaired) electrons. The van der Waals surface area contributed by atoms with Gasteiger partial charge in [-0.25, -0.2) is 0 Å². The molecule has 1 saturated heterocycles. The Morgan fingerprint density at radius 3 is 2.34 bits per heavy atom. The monoisotopic (exact) mass is 403 g/mol. The fourth-order valence-electron chi connectivity index (χ4n) is 3.36. The fourth-order valence-corrected chi connectivity index (χ4v) is 3.36. The first-order chi connectivity index (χ1) is 14.0. The second-order valence-corrected chi connectivity index (χ2v) is 6.76. The zero-order chi connectivity index (χ0) is 21.0. The average Bonchev–Trinajstić information content (AvgIpc) is 2.77. The Labute approximate surface area is 168 Å². The topological polar surface area (TPSA) is 117 Å². The molecule has 2 aromatic carbocycles. The van der Waals surface area contributed by atoms with Crippen molar-refractivity contribution in [1.82, 2.24) is 5.32 Å². The number of hydrogen-bond acceptors (Lipinski definition) is 7. The molecule has 8 nitrogen and oxygen atoms in total. The minimum atomic E-state index is -1.36. The van der Waals surface area contributed by atoms with Gasteiger partial charge in [-0.2, -0.15) is 0 Å². The molecule has 1 aliphatic heterocycles. The molecule has 5 atom stereocenters. The molecule has 1 amide bonds. The van der Waals surface area contributed by atoms with Crippen molar-refractivity contribution in [3.05, 3.63) is 59.7 Å². The molecule has 0 aliphatic carbocycles. The van der Waals surface area contributed by atoms with Crippen LogP contribution in [0.4, 0.5) is 0 Å². The van der Waals surface area contributed by atoms with E-state index in [1.807, 2.05) is 0 Å². The number of carbonyl (C=O) groups excluding carboxylic acids is 1. The largest absolute Gasteiger partial charge is 0.497 e. The lowest BCUT2D eigenvalue weighted by Gasteiger charge is -2.43. The van der Waals surface area contributed by atoms with Crippen molar-refractivity contribution >= 4 is 5.91 Å². The van der Waals surface area contributed by atoms with Crippen LogP contribution in [-0.4, -0.2) is 66.4 Å². The number of methoxy groups -OCH3 is 2. The molecule has 2 aromatic rings. The molecule has 1 fully saturated rings. The summed E-state index contributed by atoms with van der Waals surface area (Å²) in [6, 6.07) is 12.6. The van der Waals surface area contributed by atoms with Gasteiger partial charge in [0.05, 0.1) is 26.9 Å². The summed E-state index contributed by atoms with van der Waals surface area (Å²) in [5.41, 5.74) is 0.995. The minimum Gasteiger partial charge on any atom is -0.497 e. The molecule has 3 rings (SSSR count). The van der Waals surface area contributed by atoms with Crippen LogP contribution in [0.1, 0.15) is 22.0 Å². The summed E-state index contributed by atoms with van der Waals surface area (Å²) in [5, 5.41) is 33.2. The standard InChI is InChI=1S/C21H25NO7/c1-27-14-8-6-12(7-9-14)20-17(19(25)18(24)16(11-23)29-20)22-21(26)13-4-3-5-15(10-13)28-2/h3-10,16-20,23-25H,11H2,1-2H3,(H,22,26)/t16-,17-,18+,19-,20+/m1/s1. The van der Waals surface area contributed by atoms with Gasteiger partial charge < -0.3 is 34.8 Å². The van der Waals surface area contributed by atoms with Gasteiger partial charge in [0.2, 0.25) is 0 Å². The first kappa shape index (κ1) is 21.1. The number of hydrogen-bond donors (Lipinski definition) is 4. The van der Waals surface area contributed by atoms with E-state index in [9.17, 15) is 20.1 Å². The van der Waals surface area contributed by atoms with Crippen LogP contribution < -0.4 is 14.8 Å². The summed E-state index contributed by atoms with van der Waals surface area (Å²) in [6.45, 7) is -0.471. The lowest BCUT2D eigenvalue weighted by molar-refractivity contribution is -0.195. The summed E-state index contributed by atoms with van der Waals surface area (Å²) in [6.07, 6.45) is -4.47. The van der Waals surface area contributed by atoms with Gasteiger partial charge in [-0.15, -0.1) is 0 Å². The first-order valence-corrected chi connectivity index (χ1v) is 9.19. The van der Waals surface area contributed by atoms with Crippen LogP contribution in [-0.2, 0) is 4.74 Å². The smallest absolute Gasteiger partial charge is 0.251 e. The quantitative estimate of drug-likeness (QED) is 0.560. The molecule has 0 unspecified atom stereocenters. The number of ether oxygens (including phenoxy) is 3. The van der Waals surface area contributed by atoms with Gasteiger partial charge in [0, 0.05) is 5.56 Å². The van der Waals surface area contributed by atoms with E-state index < -0.39 is 43.0 Å². The van der Waals surface area contributed by atoms with Crippen LogP contribution in [0.3, 0.4) is 0 Å². The van der Waals surface area contributed by atoms with Crippen molar-refractivity contribution in [3.8, 4) is 11.5 Å². The number of amides is 1. The number of aliphatic hydroxyl groups is 3. The molecule has 4 N–H and O–H groups in total. The highest BCUT2D eigenvalue weighted by Gasteiger charge is 2.45. The highest BCUT2D eigenvalue weighted by Crippen LogP contribution is 2.33. The van der Waals surface area contributed by atoms with Gasteiger partial charge in [0.15, 0.2) is 0 Å². The Kier molecular flexibility index (Phi) is 6.71. The van der Waals surface area contributed by atoms with Gasteiger partial charge in [0.25, 0.3) is 5.91 Å². The van der Waals surface area contributed by atoms with E-state index in [1.165, 1.54) is 7.11 Å². The summed E-state index contributed by atoms with van der Waals surface area (Å²) in [5.74, 6) is 0.704. The van der Waals surface area contributed by atoms with Crippen molar-refractivity contribution < 1.29 is 34.3 Å². The van der Waals surface area contributed by atoms with Gasteiger partial charge in [0.1, 0.15) is 35.9 Å². The molecule has 0 saturated carbocycles. The predicted molar refractivity (Wildman–Crippen MR) is 104 cm³/mol. The van der Waals surface area contributed by atoms with Crippen LogP contribution in [0.5, 0.6) is 11.5 Å². The number of aliphatic hydroxyl groups excluding tert-OH is 3. The third-order valence-corrected chi connectivity index (χ3v) is 5.00. The summed E-state index contributed by atoms with van der Waals surface area (Å²) >= 11 is 0. The summed E-state index contributed by atoms with van der Waals surface area (Å²) in [7, 11) is 3.05. The highest BCUT2D eigenvalue weighted by molar-refractivity contribution is 5.94. The lowest BCUT2D eigenvalue weighted by atomic mass is 9.88. The molecular weight excluding hydrogens is 378 g/mol. The van der Waals surface area contributed by atoms with Crippen LogP contribution in [0.15, 0.2) is 48.5 Å². The third-order valence-electron chi connectivity index (χ3n) is 5.00. The second kappa shape index (κ2) is 9.23. The molecule has 156 valence electrons. The number of rotatable bonds is 6. The van der Waals surface area contributed by atoms with Crippen molar-refractivity contribution in [2.24, 2.45) is 0 Å². The summed E-state index contributed by atoms with van der Waals surface area (Å²) < 4.78 is 16.1. The zero-order valence-corrected chi connectivity index (χ0v) is 16.2. The Morgan fingerprint density at radius 1 is 1.03 bits per heavy atom. The molecule has 0 spiro atoms. The number of carbonyl (C=O) groups is 1. The maximum Gasteiger partial charge on any atom is 0.251 e. The molecular formula is C21H25NO7. The van der Waals surface area contributed by atoms with Crippen molar-refractivity contribution in [1.29, 1.82) is 0 Å². The third kappa shape index (κ3) is 4.51. The normalized spacial score (nSPS) is 26.6. The van der Waals surface area contributed by atoms with E-state index in [4.69, 9.17) is 14.2 Å². The predicted octanol–water partition coefficient (Wildman–Crippen LogP) is 0.656. The fraction of sp³-hybridized carbons (Fsp3) is 0.381. The molecule has 8 heteroatoms. The molecule has 1 aliphatic rings. The van der Waals surface area contributed by atoms with E-state index in [0.717, 1.165) is 0 Å². The SMILES string of the molecule is COc1ccc([C@@H]2O[C@H](CO)[C@H](O)[C@H](O)[C@H]2NC(=O)c2cccc(OC)c2)cc1. The van der Waals surface area contributed by atoms with E-state index >= 15 is 0 Å². The van der Waals surface area contributed by atoms with Crippen LogP contribution in [0, 0.1) is 0 Å². The molecule has 0 bridgehead atoms. The van der Waals surface area contributed by atoms with Crippen LogP contribution >= 0.6 is 0 Å². The zero-order valence-electron chi connectivity index (χ0n) is 16.2. The second-order valence-electron chi connectivity index (χ2n) is 6.76. The van der Waals surface area contributed by atoms with Crippen molar-refractivity contribution in [2.75, 3.05) is 20.8 Å².